The standard InChI is InChI=1S/C20H24N2O3/c1-15-8-9-16(2)20(12-15)25-11-5-10-24-19-7-4-6-18(13-19)14-21-22-17(3)23/h4,6-9,12-14H,5,10-11H2,1-3H3,(H,22,23)/b21-14+. The Labute approximate surface area is 148 Å². The third-order valence-electron chi connectivity index (χ3n) is 3.45. The van der Waals surface area contributed by atoms with Crippen molar-refractivity contribution in [1.29, 1.82) is 0 Å². The molecule has 0 aliphatic carbocycles. The van der Waals surface area contributed by atoms with Gasteiger partial charge in [-0.05, 0) is 48.7 Å². The number of hydrogen-bond acceptors (Lipinski definition) is 4. The average molecular weight is 340 g/mol. The van der Waals surface area contributed by atoms with Gasteiger partial charge in [0.15, 0.2) is 0 Å². The molecule has 0 aliphatic heterocycles. The van der Waals surface area contributed by atoms with E-state index in [1.54, 1.807) is 6.21 Å². The van der Waals surface area contributed by atoms with E-state index in [-0.39, 0.29) is 5.91 Å². The number of hydrogen-bond donors (Lipinski definition) is 1. The van der Waals surface area contributed by atoms with Gasteiger partial charge in [0, 0.05) is 13.3 Å². The maximum absolute atomic E-state index is 10.8. The molecule has 0 aliphatic rings. The van der Waals surface area contributed by atoms with E-state index in [4.69, 9.17) is 9.47 Å². The van der Waals surface area contributed by atoms with Crippen LogP contribution in [-0.2, 0) is 4.79 Å². The number of ether oxygens (including phenoxy) is 2. The Morgan fingerprint density at radius 3 is 2.72 bits per heavy atom. The van der Waals surface area contributed by atoms with Crippen LogP contribution in [0.25, 0.3) is 0 Å². The number of amides is 1. The number of nitrogens with zero attached hydrogens (tertiary/aromatic N) is 1. The summed E-state index contributed by atoms with van der Waals surface area (Å²) in [6.07, 6.45) is 2.37. The predicted octanol–water partition coefficient (Wildman–Crippen LogP) is 3.62. The molecule has 0 spiro atoms. The van der Waals surface area contributed by atoms with E-state index in [0.717, 1.165) is 29.0 Å². The summed E-state index contributed by atoms with van der Waals surface area (Å²) in [7, 11) is 0. The highest BCUT2D eigenvalue weighted by atomic mass is 16.5. The van der Waals surface area contributed by atoms with Crippen LogP contribution in [0.2, 0.25) is 0 Å². The van der Waals surface area contributed by atoms with Crippen molar-refractivity contribution < 1.29 is 14.3 Å². The third-order valence-corrected chi connectivity index (χ3v) is 3.45. The second kappa shape index (κ2) is 9.47. The maximum Gasteiger partial charge on any atom is 0.236 e. The van der Waals surface area contributed by atoms with Crippen LogP contribution < -0.4 is 14.9 Å². The van der Waals surface area contributed by atoms with Crippen LogP contribution in [-0.4, -0.2) is 25.3 Å². The first-order valence-corrected chi connectivity index (χ1v) is 8.27. The van der Waals surface area contributed by atoms with Gasteiger partial charge in [-0.25, -0.2) is 5.43 Å². The van der Waals surface area contributed by atoms with Crippen molar-refractivity contribution in [3.05, 3.63) is 59.2 Å². The fraction of sp³-hybridized carbons (Fsp3) is 0.300. The van der Waals surface area contributed by atoms with Crippen LogP contribution >= 0.6 is 0 Å². The molecule has 0 saturated carbocycles. The quantitative estimate of drug-likeness (QED) is 0.453. The highest BCUT2D eigenvalue weighted by Gasteiger charge is 2.00. The SMILES string of the molecule is CC(=O)N/N=C/c1cccc(OCCCOc2cc(C)ccc2C)c1. The number of benzene rings is 2. The molecular formula is C20H24N2O3. The van der Waals surface area contributed by atoms with E-state index in [0.29, 0.717) is 13.2 Å². The zero-order chi connectivity index (χ0) is 18.1. The average Bonchev–Trinajstić information content (AvgIpc) is 2.57. The molecule has 2 rings (SSSR count). The van der Waals surface area contributed by atoms with Crippen molar-refractivity contribution in [2.24, 2.45) is 5.10 Å². The number of rotatable bonds is 8. The Morgan fingerprint density at radius 1 is 1.12 bits per heavy atom. The summed E-state index contributed by atoms with van der Waals surface area (Å²) >= 11 is 0. The largest absolute Gasteiger partial charge is 0.493 e. The molecule has 0 radical (unpaired) electrons. The lowest BCUT2D eigenvalue weighted by Gasteiger charge is -2.11. The lowest BCUT2D eigenvalue weighted by molar-refractivity contribution is -0.118. The van der Waals surface area contributed by atoms with Crippen molar-refractivity contribution in [1.82, 2.24) is 5.43 Å². The van der Waals surface area contributed by atoms with Gasteiger partial charge in [0.05, 0.1) is 19.4 Å². The Morgan fingerprint density at radius 2 is 1.92 bits per heavy atom. The van der Waals surface area contributed by atoms with Gasteiger partial charge in [0.25, 0.3) is 0 Å². The van der Waals surface area contributed by atoms with Crippen LogP contribution in [0.1, 0.15) is 30.0 Å². The number of carbonyl (C=O) groups excluding carboxylic acids is 1. The van der Waals surface area contributed by atoms with E-state index < -0.39 is 0 Å². The first-order valence-electron chi connectivity index (χ1n) is 8.27. The Balaban J connectivity index is 1.75. The van der Waals surface area contributed by atoms with E-state index >= 15 is 0 Å². The molecule has 0 heterocycles. The minimum absolute atomic E-state index is 0.201. The number of nitrogens with one attached hydrogen (secondary N) is 1. The van der Waals surface area contributed by atoms with E-state index in [9.17, 15) is 4.79 Å². The Bertz CT molecular complexity index is 741. The molecule has 0 fully saturated rings. The van der Waals surface area contributed by atoms with Gasteiger partial charge < -0.3 is 9.47 Å². The van der Waals surface area contributed by atoms with Crippen molar-refractivity contribution >= 4 is 12.1 Å². The molecule has 25 heavy (non-hydrogen) atoms. The van der Waals surface area contributed by atoms with Crippen LogP contribution in [0.5, 0.6) is 11.5 Å². The fourth-order valence-corrected chi connectivity index (χ4v) is 2.18. The van der Waals surface area contributed by atoms with Crippen molar-refractivity contribution in [3.8, 4) is 11.5 Å². The van der Waals surface area contributed by atoms with Crippen molar-refractivity contribution in [3.63, 3.8) is 0 Å². The highest BCUT2D eigenvalue weighted by molar-refractivity contribution is 5.82. The van der Waals surface area contributed by atoms with Gasteiger partial charge in [0.2, 0.25) is 5.91 Å². The summed E-state index contributed by atoms with van der Waals surface area (Å²) in [4.78, 5) is 10.8. The summed E-state index contributed by atoms with van der Waals surface area (Å²) in [6, 6.07) is 13.7. The van der Waals surface area contributed by atoms with Gasteiger partial charge in [-0.3, -0.25) is 4.79 Å². The molecular weight excluding hydrogens is 316 g/mol. The second-order valence-electron chi connectivity index (χ2n) is 5.82. The maximum atomic E-state index is 10.8. The van der Waals surface area contributed by atoms with E-state index in [1.165, 1.54) is 12.5 Å². The Kier molecular flexibility index (Phi) is 7.01. The van der Waals surface area contributed by atoms with Crippen molar-refractivity contribution in [2.75, 3.05) is 13.2 Å². The first-order chi connectivity index (χ1) is 12.0. The van der Waals surface area contributed by atoms with Gasteiger partial charge in [0.1, 0.15) is 11.5 Å². The van der Waals surface area contributed by atoms with Crippen LogP contribution in [0.15, 0.2) is 47.6 Å². The predicted molar refractivity (Wildman–Crippen MR) is 99.4 cm³/mol. The minimum Gasteiger partial charge on any atom is -0.493 e. The normalized spacial score (nSPS) is 10.7. The third kappa shape index (κ3) is 6.67. The summed E-state index contributed by atoms with van der Waals surface area (Å²) < 4.78 is 11.6. The van der Waals surface area contributed by atoms with Gasteiger partial charge in [-0.15, -0.1) is 0 Å². The molecule has 0 atom stereocenters. The summed E-state index contributed by atoms with van der Waals surface area (Å²) in [5.74, 6) is 1.49. The summed E-state index contributed by atoms with van der Waals surface area (Å²) in [6.45, 7) is 6.68. The first kappa shape index (κ1) is 18.5. The zero-order valence-electron chi connectivity index (χ0n) is 14.9. The van der Waals surface area contributed by atoms with E-state index in [2.05, 4.69) is 29.6 Å². The summed E-state index contributed by atoms with van der Waals surface area (Å²) in [5.41, 5.74) is 5.56. The van der Waals surface area contributed by atoms with Crippen LogP contribution in [0, 0.1) is 13.8 Å². The molecule has 2 aromatic carbocycles. The summed E-state index contributed by atoms with van der Waals surface area (Å²) in [5, 5.41) is 3.84. The second-order valence-corrected chi connectivity index (χ2v) is 5.82. The van der Waals surface area contributed by atoms with Gasteiger partial charge in [-0.1, -0.05) is 24.3 Å². The van der Waals surface area contributed by atoms with Crippen LogP contribution in [0.4, 0.5) is 0 Å². The molecule has 5 heteroatoms. The molecule has 0 aromatic heterocycles. The van der Waals surface area contributed by atoms with Crippen molar-refractivity contribution in [2.45, 2.75) is 27.2 Å². The number of carbonyl (C=O) groups is 1. The molecule has 5 nitrogen and oxygen atoms in total. The molecule has 0 bridgehead atoms. The van der Waals surface area contributed by atoms with Crippen LogP contribution in [0.3, 0.4) is 0 Å². The van der Waals surface area contributed by atoms with Gasteiger partial charge >= 0.3 is 0 Å². The molecule has 0 saturated heterocycles. The topological polar surface area (TPSA) is 59.9 Å². The molecule has 1 amide bonds. The molecule has 1 N–H and O–H groups in total. The van der Waals surface area contributed by atoms with E-state index in [1.807, 2.05) is 37.3 Å². The highest BCUT2D eigenvalue weighted by Crippen LogP contribution is 2.19. The number of hydrazone groups is 1. The lowest BCUT2D eigenvalue weighted by Crippen LogP contribution is -2.12. The smallest absolute Gasteiger partial charge is 0.236 e. The molecule has 0 unspecified atom stereocenters. The monoisotopic (exact) mass is 340 g/mol. The fourth-order valence-electron chi connectivity index (χ4n) is 2.18. The molecule has 132 valence electrons. The molecule has 2 aromatic rings. The minimum atomic E-state index is -0.201. The lowest BCUT2D eigenvalue weighted by atomic mass is 10.1. The Hall–Kier alpha value is -2.82. The van der Waals surface area contributed by atoms with Gasteiger partial charge in [-0.2, -0.15) is 5.10 Å². The zero-order valence-corrected chi connectivity index (χ0v) is 14.9. The number of aryl methyl sites for hydroxylation is 2.